The molecule has 30 heteroatoms. The van der Waals surface area contributed by atoms with Gasteiger partial charge in [-0.05, 0) is 100 Å². The molecule has 0 aromatic rings. The van der Waals surface area contributed by atoms with E-state index in [0.717, 1.165) is 25.5 Å². The van der Waals surface area contributed by atoms with Crippen LogP contribution in [0, 0.1) is 39.4 Å². The van der Waals surface area contributed by atoms with E-state index < -0.39 is 217 Å². The fourth-order valence-corrected chi connectivity index (χ4v) is 17.7. The Kier molecular flexibility index (Phi) is 20.3. The third-order valence-electron chi connectivity index (χ3n) is 21.8. The van der Waals surface area contributed by atoms with Crippen LogP contribution >= 0.6 is 0 Å². The summed E-state index contributed by atoms with van der Waals surface area (Å²) in [7, 11) is -4.11. The number of ether oxygens (including phenoxy) is 12. The van der Waals surface area contributed by atoms with Gasteiger partial charge in [-0.15, -0.1) is 6.58 Å². The quantitative estimate of drug-likeness (QED) is 0.0290. The first kappa shape index (κ1) is 69.4. The zero-order chi connectivity index (χ0) is 65.0. The van der Waals surface area contributed by atoms with E-state index in [0.29, 0.717) is 38.5 Å². The molecule has 6 heterocycles. The second kappa shape index (κ2) is 26.0. The van der Waals surface area contributed by atoms with E-state index in [1.807, 2.05) is 27.7 Å². The number of hydrogen-bond donors (Lipinski definition) is 12. The largest absolute Gasteiger partial charge is 0.458 e. The van der Waals surface area contributed by atoms with Crippen molar-refractivity contribution in [3.05, 3.63) is 23.8 Å². The van der Waals surface area contributed by atoms with Gasteiger partial charge in [-0.1, -0.05) is 44.9 Å². The number of aliphatic hydroxyl groups is 11. The molecule has 1 unspecified atom stereocenters. The molecule has 9 fully saturated rings. The molecule has 0 aromatic heterocycles. The van der Waals surface area contributed by atoms with Gasteiger partial charge >= 0.3 is 16.4 Å². The van der Waals surface area contributed by atoms with Gasteiger partial charge in [0, 0.05) is 13.5 Å². The second-order valence-corrected chi connectivity index (χ2v) is 28.7. The minimum Gasteiger partial charge on any atom is -0.458 e. The molecule has 6 aliphatic heterocycles. The van der Waals surface area contributed by atoms with Crippen LogP contribution in [0.25, 0.3) is 0 Å². The van der Waals surface area contributed by atoms with E-state index in [4.69, 9.17) is 61.0 Å². The van der Waals surface area contributed by atoms with Crippen molar-refractivity contribution in [3.8, 4) is 0 Å². The number of esters is 1. The monoisotopic (exact) mass is 1300 g/mol. The van der Waals surface area contributed by atoms with Gasteiger partial charge in [-0.2, -0.15) is 8.42 Å². The van der Waals surface area contributed by atoms with Crippen molar-refractivity contribution >= 4 is 22.2 Å². The molecule has 29 nitrogen and oxygen atoms in total. The summed E-state index contributed by atoms with van der Waals surface area (Å²) in [5, 5.41) is 122. The fraction of sp³-hybridized carbons (Fsp3) is 0.898. The SMILES string of the molecule is C=C(C)CCC[C@]1(C)OC(=O)[C@]23CC=C4[C@@H](CC[C@H]5C(C)(C)C(O[C@@H]6OC[C@@H](OS(=O)(=O)O)[C@H](O)[C@H]6O[C@@H]6O[C@H](C)[C@@H](O[C@@H]7O[C@H](CO)[C@@H](O)[C@H](O[C@@H]8O[C@H](CO)[C@@H](O)[C@H](OC)[C@H]8O)[C@H]7O)[C@H](O)[C@H]6O[C@@H]6OC[C@@H](O)[C@H](O)[C@H]6O)CC[C@]45C)[C@]2(C)CC(=O)[C@@H]31. The normalized spacial score (nSPS) is 50.7. The van der Waals surface area contributed by atoms with Crippen molar-refractivity contribution in [2.24, 2.45) is 39.4 Å². The number of Topliss-reactive ketones (excluding diaryl/α,β-unsaturated/α-hetero) is 1. The summed E-state index contributed by atoms with van der Waals surface area (Å²) in [5.74, 6) is -1.06. The molecule has 0 bridgehead atoms. The molecule has 89 heavy (non-hydrogen) atoms. The van der Waals surface area contributed by atoms with Gasteiger partial charge in [0.05, 0.1) is 50.0 Å². The molecule has 10 rings (SSSR count). The van der Waals surface area contributed by atoms with Gasteiger partial charge in [0.2, 0.25) is 0 Å². The van der Waals surface area contributed by atoms with Crippen molar-refractivity contribution in [1.82, 2.24) is 0 Å². The Hall–Kier alpha value is -2.39. The van der Waals surface area contributed by atoms with Crippen LogP contribution in [0.2, 0.25) is 0 Å². The number of aliphatic hydroxyl groups excluding tert-OH is 11. The van der Waals surface area contributed by atoms with E-state index in [-0.39, 0.29) is 30.0 Å². The van der Waals surface area contributed by atoms with Gasteiger partial charge in [0.1, 0.15) is 115 Å². The number of fused-ring (bicyclic) bond motifs is 4. The lowest BCUT2D eigenvalue weighted by atomic mass is 9.41. The summed E-state index contributed by atoms with van der Waals surface area (Å²) in [5.41, 5.74) is -1.66. The van der Waals surface area contributed by atoms with Crippen LogP contribution in [0.1, 0.15) is 106 Å². The van der Waals surface area contributed by atoms with Gasteiger partial charge < -0.3 is 113 Å². The van der Waals surface area contributed by atoms with E-state index in [2.05, 4.69) is 26.5 Å². The van der Waals surface area contributed by atoms with Gasteiger partial charge in [-0.25, -0.2) is 4.18 Å². The number of carbonyl (C=O) groups is 2. The van der Waals surface area contributed by atoms with Gasteiger partial charge in [-0.3, -0.25) is 14.1 Å². The predicted molar refractivity (Wildman–Crippen MR) is 298 cm³/mol. The Balaban J connectivity index is 0.906. The molecule has 4 aliphatic carbocycles. The van der Waals surface area contributed by atoms with E-state index >= 15 is 0 Å². The first-order chi connectivity index (χ1) is 41.7. The summed E-state index contributed by atoms with van der Waals surface area (Å²) in [6.45, 7) is 14.7. The van der Waals surface area contributed by atoms with Gasteiger partial charge in [0.25, 0.3) is 0 Å². The summed E-state index contributed by atoms with van der Waals surface area (Å²) in [6.07, 6.45) is -34.4. The summed E-state index contributed by atoms with van der Waals surface area (Å²) >= 11 is 0. The molecule has 0 amide bonds. The maximum Gasteiger partial charge on any atom is 0.397 e. The molecule has 10 aliphatic rings. The Morgan fingerprint density at radius 3 is 1.91 bits per heavy atom. The number of methoxy groups -OCH3 is 1. The Morgan fingerprint density at radius 2 is 1.28 bits per heavy atom. The standard InChI is InChI=1S/C59H92O29S/c1-24(2)11-10-16-58(8)48-28(62)19-57(7)27-12-13-33-55(4,5)34(15-17-56(33,6)26(27)14-18-59(48,57)54(72)87-58)82-52-46(38(67)32(23-78-52)88-89(73,74)75)86-53-47(85-49-39(68)35(64)29(63)22-77-49)40(69)43(25(3)79-53)83-51-42(71)45(37(66)31(21-61)81-51)84-50-41(70)44(76-9)36(65)30(20-60)80-50/h14,25,27,29-53,60-61,63-71H,1,10-13,15-23H2,2-9H3,(H,73,74,75)/t25-,27-,29-,30-,31-,32-,33+,34?,35+,36-,37-,38+,39-,40+,41-,42-,43-,44+,45+,46-,47-,48-,49+,50+,51+,52+,53+,56-,57+,58+,59-/m1/s1. The van der Waals surface area contributed by atoms with E-state index in [1.165, 1.54) is 12.5 Å². The number of carbonyl (C=O) groups excluding carboxylic acids is 2. The highest BCUT2D eigenvalue weighted by Crippen LogP contribution is 2.75. The highest BCUT2D eigenvalue weighted by molar-refractivity contribution is 7.80. The number of ketones is 1. The molecule has 1 spiro atoms. The molecule has 12 N–H and O–H groups in total. The van der Waals surface area contributed by atoms with Crippen LogP contribution in [-0.4, -0.2) is 267 Å². The average Bonchev–Trinajstić information content (AvgIpc) is 1.53. The molecular formula is C59H92O29S. The van der Waals surface area contributed by atoms with Crippen LogP contribution < -0.4 is 0 Å². The molecule has 3 saturated carbocycles. The number of cyclic esters (lactones) is 1. The minimum absolute atomic E-state index is 0.0445. The zero-order valence-corrected chi connectivity index (χ0v) is 52.1. The molecular weight excluding hydrogens is 1200 g/mol. The van der Waals surface area contributed by atoms with Gasteiger partial charge in [0.15, 0.2) is 31.5 Å². The smallest absolute Gasteiger partial charge is 0.397 e. The second-order valence-electron chi connectivity index (χ2n) is 27.6. The molecule has 0 radical (unpaired) electrons. The molecule has 0 aromatic carbocycles. The van der Waals surface area contributed by atoms with Crippen LogP contribution in [-0.2, 0) is 81.0 Å². The summed E-state index contributed by atoms with van der Waals surface area (Å²) in [6, 6.07) is 0. The highest BCUT2D eigenvalue weighted by Gasteiger charge is 2.79. The van der Waals surface area contributed by atoms with Crippen LogP contribution in [0.5, 0.6) is 0 Å². The number of allylic oxidation sites excluding steroid dienone is 3. The van der Waals surface area contributed by atoms with Crippen LogP contribution in [0.15, 0.2) is 23.8 Å². The lowest BCUT2D eigenvalue weighted by Gasteiger charge is -2.63. The summed E-state index contributed by atoms with van der Waals surface area (Å²) in [4.78, 5) is 28.9. The molecule has 6 saturated heterocycles. The maximum absolute atomic E-state index is 14.5. The predicted octanol–water partition coefficient (Wildman–Crippen LogP) is -1.92. The Bertz CT molecular complexity index is 2700. The number of rotatable bonds is 19. The summed E-state index contributed by atoms with van der Waals surface area (Å²) < 4.78 is 112. The Morgan fingerprint density at radius 1 is 0.685 bits per heavy atom. The van der Waals surface area contributed by atoms with Crippen molar-refractivity contribution in [1.29, 1.82) is 0 Å². The lowest BCUT2D eigenvalue weighted by Crippen LogP contribution is -2.68. The third kappa shape index (κ3) is 12.2. The topological polar surface area (TPSA) is 431 Å². The third-order valence-corrected chi connectivity index (χ3v) is 22.3. The van der Waals surface area contributed by atoms with Crippen molar-refractivity contribution in [2.45, 2.75) is 259 Å². The van der Waals surface area contributed by atoms with Crippen LogP contribution in [0.3, 0.4) is 0 Å². The first-order valence-electron chi connectivity index (χ1n) is 30.8. The Labute approximate surface area is 516 Å². The fourth-order valence-electron chi connectivity index (χ4n) is 17.2. The minimum atomic E-state index is -5.27. The first-order valence-corrected chi connectivity index (χ1v) is 32.2. The van der Waals surface area contributed by atoms with E-state index in [9.17, 15) is 78.7 Å². The number of hydrogen-bond acceptors (Lipinski definition) is 28. The van der Waals surface area contributed by atoms with Crippen molar-refractivity contribution in [2.75, 3.05) is 33.5 Å². The van der Waals surface area contributed by atoms with Crippen molar-refractivity contribution < 1.29 is 140 Å². The highest BCUT2D eigenvalue weighted by atomic mass is 32.3. The molecule has 31 atom stereocenters. The maximum atomic E-state index is 14.5. The van der Waals surface area contributed by atoms with E-state index in [1.54, 1.807) is 0 Å². The van der Waals surface area contributed by atoms with Crippen molar-refractivity contribution in [3.63, 3.8) is 0 Å². The zero-order valence-electron chi connectivity index (χ0n) is 51.3. The average molecular weight is 1300 g/mol. The van der Waals surface area contributed by atoms with Crippen LogP contribution in [0.4, 0.5) is 0 Å². The lowest BCUT2D eigenvalue weighted by molar-refractivity contribution is -0.403. The molecule has 508 valence electrons.